The van der Waals surface area contributed by atoms with Crippen molar-refractivity contribution in [3.05, 3.63) is 53.6 Å². The largest absolute Gasteiger partial charge is 0.497 e. The molecule has 27 heavy (non-hydrogen) atoms. The van der Waals surface area contributed by atoms with Gasteiger partial charge in [-0.15, -0.1) is 11.8 Å². The first-order chi connectivity index (χ1) is 13.1. The Labute approximate surface area is 165 Å². The number of rotatable bonds is 4. The van der Waals surface area contributed by atoms with Gasteiger partial charge in [-0.05, 0) is 56.2 Å². The first-order valence-electron chi connectivity index (χ1n) is 9.26. The molecule has 5 heteroatoms. The Balaban J connectivity index is 1.66. The van der Waals surface area contributed by atoms with Crippen molar-refractivity contribution in [3.63, 3.8) is 0 Å². The summed E-state index contributed by atoms with van der Waals surface area (Å²) in [6.45, 7) is 6.55. The number of hydrogen-bond acceptors (Lipinski definition) is 5. The number of thioether (sulfide) groups is 1. The summed E-state index contributed by atoms with van der Waals surface area (Å²) in [5, 5.41) is 0.363. The van der Waals surface area contributed by atoms with E-state index < -0.39 is 0 Å². The van der Waals surface area contributed by atoms with Gasteiger partial charge in [0.05, 0.1) is 12.8 Å². The van der Waals surface area contributed by atoms with Gasteiger partial charge in [0.15, 0.2) is 11.5 Å². The third-order valence-electron chi connectivity index (χ3n) is 4.93. The van der Waals surface area contributed by atoms with Crippen LogP contribution in [0.4, 0.5) is 5.69 Å². The highest BCUT2D eigenvalue weighted by Gasteiger charge is 2.25. The molecule has 0 N–H and O–H groups in total. The van der Waals surface area contributed by atoms with Crippen LogP contribution in [0.3, 0.4) is 0 Å². The van der Waals surface area contributed by atoms with Crippen LogP contribution in [-0.4, -0.2) is 27.0 Å². The number of ether oxygens (including phenoxy) is 3. The average Bonchev–Trinajstić information content (AvgIpc) is 3.06. The maximum absolute atomic E-state index is 5.58. The molecule has 0 spiro atoms. The molecule has 0 fully saturated rings. The minimum absolute atomic E-state index is 0.313. The van der Waals surface area contributed by atoms with Gasteiger partial charge < -0.3 is 19.1 Å². The van der Waals surface area contributed by atoms with Crippen LogP contribution in [0.1, 0.15) is 31.1 Å². The Morgan fingerprint density at radius 3 is 2.85 bits per heavy atom. The number of benzene rings is 2. The highest BCUT2D eigenvalue weighted by atomic mass is 32.2. The number of anilines is 1. The van der Waals surface area contributed by atoms with Gasteiger partial charge in [-0.25, -0.2) is 0 Å². The zero-order chi connectivity index (χ0) is 18.8. The minimum atomic E-state index is 0.313. The molecule has 0 amide bonds. The van der Waals surface area contributed by atoms with Crippen molar-refractivity contribution in [1.29, 1.82) is 0 Å². The van der Waals surface area contributed by atoms with Crippen LogP contribution >= 0.6 is 11.8 Å². The molecular weight excluding hydrogens is 358 g/mol. The molecular formula is C22H25NO3S. The number of fused-ring (bicyclic) bond motifs is 2. The second-order valence-corrected chi connectivity index (χ2v) is 8.31. The van der Waals surface area contributed by atoms with Crippen LogP contribution < -0.4 is 19.1 Å². The number of allylic oxidation sites excluding steroid dienone is 1. The number of hydrogen-bond donors (Lipinski definition) is 0. The lowest BCUT2D eigenvalue weighted by molar-refractivity contribution is 0.174. The Morgan fingerprint density at radius 1 is 1.19 bits per heavy atom. The molecule has 2 aromatic rings. The topological polar surface area (TPSA) is 30.9 Å². The van der Waals surface area contributed by atoms with Crippen LogP contribution in [0.5, 0.6) is 17.2 Å². The summed E-state index contributed by atoms with van der Waals surface area (Å²) in [6, 6.07) is 12.7. The second kappa shape index (κ2) is 7.77. The van der Waals surface area contributed by atoms with Crippen LogP contribution in [-0.2, 0) is 0 Å². The normalized spacial score (nSPS) is 17.9. The zero-order valence-corrected chi connectivity index (χ0v) is 16.8. The summed E-state index contributed by atoms with van der Waals surface area (Å²) < 4.78 is 16.5. The first kappa shape index (κ1) is 18.1. The maximum Gasteiger partial charge on any atom is 0.231 e. The van der Waals surface area contributed by atoms with Gasteiger partial charge in [0.25, 0.3) is 0 Å². The highest BCUT2D eigenvalue weighted by molar-refractivity contribution is 7.99. The van der Waals surface area contributed by atoms with Gasteiger partial charge >= 0.3 is 0 Å². The monoisotopic (exact) mass is 383 g/mol. The van der Waals surface area contributed by atoms with Crippen LogP contribution in [0, 0.1) is 0 Å². The lowest BCUT2D eigenvalue weighted by Gasteiger charge is -2.23. The number of nitrogens with zero attached hydrogens (tertiary/aromatic N) is 1. The summed E-state index contributed by atoms with van der Waals surface area (Å²) in [5.74, 6) is 2.59. The molecule has 0 aliphatic carbocycles. The van der Waals surface area contributed by atoms with Crippen LogP contribution in [0.2, 0.25) is 0 Å². The van der Waals surface area contributed by atoms with E-state index in [0.29, 0.717) is 12.0 Å². The fourth-order valence-corrected chi connectivity index (χ4v) is 4.73. The van der Waals surface area contributed by atoms with E-state index in [2.05, 4.69) is 55.2 Å². The van der Waals surface area contributed by atoms with Crippen molar-refractivity contribution >= 4 is 17.4 Å². The molecule has 2 aliphatic rings. The fraction of sp³-hybridized carbons (Fsp3) is 0.364. The van der Waals surface area contributed by atoms with Crippen molar-refractivity contribution in [2.24, 2.45) is 0 Å². The predicted octanol–water partition coefficient (Wildman–Crippen LogP) is 5.43. The molecule has 4 rings (SSSR count). The fourth-order valence-electron chi connectivity index (χ4n) is 3.41. The smallest absolute Gasteiger partial charge is 0.231 e. The minimum Gasteiger partial charge on any atom is -0.497 e. The Morgan fingerprint density at radius 2 is 2.04 bits per heavy atom. The third kappa shape index (κ3) is 3.88. The maximum atomic E-state index is 5.58. The Kier molecular flexibility index (Phi) is 5.21. The molecule has 142 valence electrons. The molecule has 4 nitrogen and oxygen atoms in total. The summed E-state index contributed by atoms with van der Waals surface area (Å²) in [4.78, 5) is 3.72. The lowest BCUT2D eigenvalue weighted by Crippen LogP contribution is -2.24. The van der Waals surface area contributed by atoms with Crippen molar-refractivity contribution in [2.75, 3.05) is 31.9 Å². The molecule has 0 saturated heterocycles. The quantitative estimate of drug-likeness (QED) is 0.657. The molecule has 1 unspecified atom stereocenters. The predicted molar refractivity (Wildman–Crippen MR) is 110 cm³/mol. The summed E-state index contributed by atoms with van der Waals surface area (Å²) >= 11 is 1.91. The van der Waals surface area contributed by atoms with E-state index in [1.165, 1.54) is 21.7 Å². The summed E-state index contributed by atoms with van der Waals surface area (Å²) in [7, 11) is 1.72. The van der Waals surface area contributed by atoms with Gasteiger partial charge in [0.1, 0.15) is 5.75 Å². The number of methoxy groups -OCH3 is 1. The first-order valence-corrected chi connectivity index (χ1v) is 10.1. The van der Waals surface area contributed by atoms with E-state index in [9.17, 15) is 0 Å². The molecule has 0 saturated carbocycles. The van der Waals surface area contributed by atoms with Crippen molar-refractivity contribution < 1.29 is 14.2 Å². The van der Waals surface area contributed by atoms with Gasteiger partial charge in [-0.3, -0.25) is 0 Å². The van der Waals surface area contributed by atoms with E-state index in [1.54, 1.807) is 7.11 Å². The zero-order valence-electron chi connectivity index (χ0n) is 16.0. The summed E-state index contributed by atoms with van der Waals surface area (Å²) in [5.41, 5.74) is 3.90. The molecule has 0 aromatic heterocycles. The van der Waals surface area contributed by atoms with E-state index in [-0.39, 0.29) is 0 Å². The van der Waals surface area contributed by atoms with Crippen molar-refractivity contribution in [2.45, 2.75) is 30.4 Å². The van der Waals surface area contributed by atoms with E-state index in [1.807, 2.05) is 17.8 Å². The van der Waals surface area contributed by atoms with Crippen LogP contribution in [0.15, 0.2) is 52.9 Å². The van der Waals surface area contributed by atoms with E-state index in [0.717, 1.165) is 36.8 Å². The molecule has 1 atom stereocenters. The highest BCUT2D eigenvalue weighted by Crippen LogP contribution is 2.48. The van der Waals surface area contributed by atoms with Gasteiger partial charge in [0.2, 0.25) is 6.79 Å². The third-order valence-corrected chi connectivity index (χ3v) is 6.30. The molecule has 2 heterocycles. The van der Waals surface area contributed by atoms with Crippen molar-refractivity contribution in [3.8, 4) is 17.2 Å². The lowest BCUT2D eigenvalue weighted by atomic mass is 10.1. The summed E-state index contributed by atoms with van der Waals surface area (Å²) in [6.07, 6.45) is 3.36. The van der Waals surface area contributed by atoms with Gasteiger partial charge in [-0.2, -0.15) is 0 Å². The van der Waals surface area contributed by atoms with Gasteiger partial charge in [-0.1, -0.05) is 17.7 Å². The van der Waals surface area contributed by atoms with Crippen molar-refractivity contribution in [1.82, 2.24) is 0 Å². The van der Waals surface area contributed by atoms with E-state index in [4.69, 9.17) is 14.2 Å². The molecule has 2 aromatic carbocycles. The Hall–Kier alpha value is -2.27. The van der Waals surface area contributed by atoms with Gasteiger partial charge in [0, 0.05) is 23.2 Å². The van der Waals surface area contributed by atoms with E-state index >= 15 is 0 Å². The SMILES string of the molecule is COc1ccc2c(c1)SC(c1ccc3c(c1)OCO3)CCN2CC=C(C)C. The van der Waals surface area contributed by atoms with Crippen LogP contribution in [0.25, 0.3) is 0 Å². The molecule has 0 radical (unpaired) electrons. The average molecular weight is 384 g/mol. The second-order valence-electron chi connectivity index (χ2n) is 7.07. The molecule has 0 bridgehead atoms. The molecule has 2 aliphatic heterocycles. The Bertz CT molecular complexity index is 861. The standard InChI is InChI=1S/C22H25NO3S/c1-15(2)8-10-23-11-9-21(16-4-7-19-20(12-16)26-14-25-19)27-22-13-17(24-3)5-6-18(22)23/h4-8,12-13,21H,9-11,14H2,1-3H3.